The fourth-order valence-electron chi connectivity index (χ4n) is 6.04. The largest absolute Gasteiger partial charge is 0.405 e. The molecule has 2 atom stereocenters. The highest BCUT2D eigenvalue weighted by atomic mass is 19.4. The quantitative estimate of drug-likeness (QED) is 0.391. The molecule has 3 aliphatic rings. The zero-order chi connectivity index (χ0) is 28.6. The summed E-state index contributed by atoms with van der Waals surface area (Å²) in [7, 11) is 0. The van der Waals surface area contributed by atoms with Gasteiger partial charge in [0.2, 0.25) is 11.8 Å². The van der Waals surface area contributed by atoms with Gasteiger partial charge in [0.15, 0.2) is 0 Å². The molecule has 3 aliphatic carbocycles. The van der Waals surface area contributed by atoms with E-state index in [1.165, 1.54) is 0 Å². The predicted octanol–water partition coefficient (Wildman–Crippen LogP) is 4.74. The van der Waals surface area contributed by atoms with Gasteiger partial charge in [0.25, 0.3) is 5.91 Å². The number of rotatable bonds is 10. The zero-order valence-corrected chi connectivity index (χ0v) is 22.8. The van der Waals surface area contributed by atoms with E-state index in [-0.39, 0.29) is 23.8 Å². The van der Waals surface area contributed by atoms with Gasteiger partial charge in [0.05, 0.1) is 5.92 Å². The van der Waals surface area contributed by atoms with Crippen LogP contribution >= 0.6 is 0 Å². The Kier molecular flexibility index (Phi) is 7.92. The van der Waals surface area contributed by atoms with Gasteiger partial charge in [-0.05, 0) is 106 Å². The lowest BCUT2D eigenvalue weighted by Gasteiger charge is -2.28. The molecule has 3 amide bonds. The Hall–Kier alpha value is -3.37. The molecule has 0 aliphatic heterocycles. The van der Waals surface area contributed by atoms with Gasteiger partial charge >= 0.3 is 6.18 Å². The van der Waals surface area contributed by atoms with Crippen molar-refractivity contribution in [3.8, 4) is 0 Å². The standard InChI is InChI=1S/C29H36F3N5O3/c1-16(2)37-23(12-13-34-37)27(39)36-25(24(17-6-7-17)18-8-9-18)28(40)35-20-10-11-21-19(14-20)4-3-5-22(21)26(38)33-15-29(30,31)32/h10-14,16-18,22,24-25H,3-9,15H2,1-2H3,(H,33,38)(H,35,40)(H,36,39)/t22?,25-/m0/s1. The first-order valence-electron chi connectivity index (χ1n) is 14.1. The third-order valence-corrected chi connectivity index (χ3v) is 8.18. The van der Waals surface area contributed by atoms with Crippen molar-refractivity contribution < 1.29 is 27.6 Å². The first-order valence-corrected chi connectivity index (χ1v) is 14.1. The molecule has 1 heterocycles. The maximum absolute atomic E-state index is 13.7. The molecular formula is C29H36F3N5O3. The molecule has 3 N–H and O–H groups in total. The van der Waals surface area contributed by atoms with Gasteiger partial charge in [-0.15, -0.1) is 0 Å². The molecule has 0 saturated heterocycles. The Morgan fingerprint density at radius 3 is 2.38 bits per heavy atom. The van der Waals surface area contributed by atoms with Gasteiger partial charge in [-0.3, -0.25) is 19.1 Å². The lowest BCUT2D eigenvalue weighted by Crippen LogP contribution is -2.50. The summed E-state index contributed by atoms with van der Waals surface area (Å²) in [5, 5.41) is 12.3. The van der Waals surface area contributed by atoms with E-state index in [4.69, 9.17) is 0 Å². The Morgan fingerprint density at radius 1 is 1.05 bits per heavy atom. The average Bonchev–Trinajstić information content (AvgIpc) is 3.85. The van der Waals surface area contributed by atoms with Crippen molar-refractivity contribution in [2.45, 2.75) is 83.0 Å². The maximum atomic E-state index is 13.7. The van der Waals surface area contributed by atoms with Crippen LogP contribution in [-0.4, -0.2) is 46.3 Å². The Balaban J connectivity index is 1.33. The number of amides is 3. The fourth-order valence-corrected chi connectivity index (χ4v) is 6.04. The number of benzene rings is 1. The number of nitrogens with one attached hydrogen (secondary N) is 3. The minimum absolute atomic E-state index is 0.0134. The van der Waals surface area contributed by atoms with Crippen LogP contribution in [0, 0.1) is 17.8 Å². The van der Waals surface area contributed by atoms with Crippen LogP contribution in [-0.2, 0) is 16.0 Å². The van der Waals surface area contributed by atoms with Crippen LogP contribution in [0.5, 0.6) is 0 Å². The topological polar surface area (TPSA) is 105 Å². The summed E-state index contributed by atoms with van der Waals surface area (Å²) in [6.07, 6.45) is 3.06. The summed E-state index contributed by atoms with van der Waals surface area (Å²) in [6.45, 7) is 2.51. The molecule has 8 nitrogen and oxygen atoms in total. The van der Waals surface area contributed by atoms with Crippen molar-refractivity contribution in [1.29, 1.82) is 0 Å². The minimum Gasteiger partial charge on any atom is -0.346 e. The molecule has 216 valence electrons. The number of halogens is 3. The summed E-state index contributed by atoms with van der Waals surface area (Å²) in [5.74, 6) is -1.08. The molecule has 1 unspecified atom stereocenters. The molecule has 0 bridgehead atoms. The second-order valence-corrected chi connectivity index (χ2v) is 11.6. The van der Waals surface area contributed by atoms with E-state index in [9.17, 15) is 27.6 Å². The monoisotopic (exact) mass is 559 g/mol. The van der Waals surface area contributed by atoms with Gasteiger partial charge in [-0.1, -0.05) is 6.07 Å². The van der Waals surface area contributed by atoms with Crippen LogP contribution in [0.25, 0.3) is 0 Å². The molecule has 0 spiro atoms. The molecule has 1 aromatic carbocycles. The third kappa shape index (κ3) is 6.50. The Labute approximate surface area is 231 Å². The Morgan fingerprint density at radius 2 is 1.75 bits per heavy atom. The van der Waals surface area contributed by atoms with E-state index in [1.807, 2.05) is 19.2 Å². The van der Waals surface area contributed by atoms with Crippen molar-refractivity contribution in [2.75, 3.05) is 11.9 Å². The van der Waals surface area contributed by atoms with Crippen molar-refractivity contribution in [1.82, 2.24) is 20.4 Å². The van der Waals surface area contributed by atoms with E-state index in [0.717, 1.165) is 31.2 Å². The molecule has 40 heavy (non-hydrogen) atoms. The predicted molar refractivity (Wildman–Crippen MR) is 143 cm³/mol. The smallest absolute Gasteiger partial charge is 0.346 e. The van der Waals surface area contributed by atoms with E-state index in [0.29, 0.717) is 48.0 Å². The van der Waals surface area contributed by atoms with E-state index < -0.39 is 30.6 Å². The highest BCUT2D eigenvalue weighted by molar-refractivity contribution is 6.01. The highest BCUT2D eigenvalue weighted by Crippen LogP contribution is 2.51. The number of nitrogens with zero attached hydrogens (tertiary/aromatic N) is 2. The van der Waals surface area contributed by atoms with Gasteiger partial charge in [0.1, 0.15) is 18.3 Å². The highest BCUT2D eigenvalue weighted by Gasteiger charge is 2.48. The number of fused-ring (bicyclic) bond motifs is 1. The number of hydrogen-bond acceptors (Lipinski definition) is 4. The zero-order valence-electron chi connectivity index (χ0n) is 22.8. The van der Waals surface area contributed by atoms with Crippen LogP contribution in [0.15, 0.2) is 30.5 Å². The van der Waals surface area contributed by atoms with Crippen LogP contribution in [0.3, 0.4) is 0 Å². The molecule has 1 aromatic heterocycles. The maximum Gasteiger partial charge on any atom is 0.405 e. The lowest BCUT2D eigenvalue weighted by molar-refractivity contribution is -0.139. The van der Waals surface area contributed by atoms with E-state index in [2.05, 4.69) is 15.7 Å². The van der Waals surface area contributed by atoms with Crippen LogP contribution < -0.4 is 16.0 Å². The average molecular weight is 560 g/mol. The summed E-state index contributed by atoms with van der Waals surface area (Å²) in [5.41, 5.74) is 2.46. The number of aryl methyl sites for hydroxylation is 1. The fraction of sp³-hybridized carbons (Fsp3) is 0.586. The van der Waals surface area contributed by atoms with Gasteiger partial charge in [-0.2, -0.15) is 18.3 Å². The lowest BCUT2D eigenvalue weighted by atomic mass is 9.82. The number of alkyl halides is 3. The summed E-state index contributed by atoms with van der Waals surface area (Å²) in [6, 6.07) is 6.13. The number of anilines is 1. The van der Waals surface area contributed by atoms with Crippen LogP contribution in [0.2, 0.25) is 0 Å². The van der Waals surface area contributed by atoms with E-state index in [1.54, 1.807) is 35.1 Å². The molecule has 5 rings (SSSR count). The SMILES string of the molecule is CC(C)n1nccc1C(=O)N[C@H](C(=O)Nc1ccc2c(c1)CCCC2C(=O)NCC(F)(F)F)C(C1CC1)C1CC1. The molecular weight excluding hydrogens is 523 g/mol. The molecule has 2 saturated carbocycles. The van der Waals surface area contributed by atoms with Crippen molar-refractivity contribution in [2.24, 2.45) is 17.8 Å². The molecule has 11 heteroatoms. The number of carbonyl (C=O) groups is 3. The summed E-state index contributed by atoms with van der Waals surface area (Å²) < 4.78 is 39.5. The number of hydrogen-bond donors (Lipinski definition) is 3. The Bertz CT molecular complexity index is 1250. The molecule has 0 radical (unpaired) electrons. The van der Waals surface area contributed by atoms with Crippen molar-refractivity contribution in [3.05, 3.63) is 47.3 Å². The summed E-state index contributed by atoms with van der Waals surface area (Å²) in [4.78, 5) is 39.6. The van der Waals surface area contributed by atoms with Crippen molar-refractivity contribution >= 4 is 23.4 Å². The van der Waals surface area contributed by atoms with Gasteiger partial charge in [-0.25, -0.2) is 0 Å². The van der Waals surface area contributed by atoms with Crippen LogP contribution in [0.4, 0.5) is 18.9 Å². The second-order valence-electron chi connectivity index (χ2n) is 11.6. The van der Waals surface area contributed by atoms with E-state index >= 15 is 0 Å². The minimum atomic E-state index is -4.47. The van der Waals surface area contributed by atoms with Gasteiger partial charge in [0, 0.05) is 17.9 Å². The van der Waals surface area contributed by atoms with Crippen molar-refractivity contribution in [3.63, 3.8) is 0 Å². The second kappa shape index (κ2) is 11.2. The molecule has 2 fully saturated rings. The van der Waals surface area contributed by atoms with Gasteiger partial charge < -0.3 is 16.0 Å². The molecule has 2 aromatic rings. The third-order valence-electron chi connectivity index (χ3n) is 8.18. The number of aromatic nitrogens is 2. The first kappa shape index (κ1) is 28.2. The number of carbonyl (C=O) groups excluding carboxylic acids is 3. The summed E-state index contributed by atoms with van der Waals surface area (Å²) >= 11 is 0. The van der Waals surface area contributed by atoms with Crippen LogP contribution in [0.1, 0.15) is 85.9 Å². The first-order chi connectivity index (χ1) is 19.0. The normalized spacial score (nSPS) is 19.7.